The maximum Gasteiger partial charge on any atom is 0.235 e. The first-order valence-electron chi connectivity index (χ1n) is 7.81. The van der Waals surface area contributed by atoms with E-state index in [-0.39, 0.29) is 0 Å². The van der Waals surface area contributed by atoms with Gasteiger partial charge in [-0.25, -0.2) is 4.98 Å². The normalized spacial score (nSPS) is 11.2. The molecule has 7 heteroatoms. The fourth-order valence-electron chi connectivity index (χ4n) is 2.96. The fourth-order valence-corrected chi connectivity index (χ4v) is 2.96. The number of anilines is 1. The summed E-state index contributed by atoms with van der Waals surface area (Å²) < 4.78 is 3.65. The van der Waals surface area contributed by atoms with E-state index in [0.29, 0.717) is 11.9 Å². The third-order valence-corrected chi connectivity index (χ3v) is 4.02. The molecule has 0 aliphatic carbocycles. The summed E-state index contributed by atoms with van der Waals surface area (Å²) in [5, 5.41) is 4.18. The van der Waals surface area contributed by atoms with E-state index < -0.39 is 0 Å². The van der Waals surface area contributed by atoms with E-state index in [9.17, 15) is 0 Å². The molecular formula is C17H17N7. The van der Waals surface area contributed by atoms with Crippen LogP contribution in [-0.2, 0) is 13.0 Å². The SMILES string of the molecule is CCn1c(-n2ncnc2N)nc2cncc(Cc3ccccc3)c21. The van der Waals surface area contributed by atoms with Crippen LogP contribution in [0.3, 0.4) is 0 Å². The highest BCUT2D eigenvalue weighted by atomic mass is 15.4. The lowest BCUT2D eigenvalue weighted by Crippen LogP contribution is -2.10. The highest BCUT2D eigenvalue weighted by Gasteiger charge is 2.17. The smallest absolute Gasteiger partial charge is 0.235 e. The number of imidazole rings is 1. The summed E-state index contributed by atoms with van der Waals surface area (Å²) >= 11 is 0. The number of hydrogen-bond acceptors (Lipinski definition) is 5. The van der Waals surface area contributed by atoms with Crippen molar-refractivity contribution in [2.24, 2.45) is 0 Å². The van der Waals surface area contributed by atoms with E-state index in [1.165, 1.54) is 11.9 Å². The predicted octanol–water partition coefficient (Wildman–Crippen LogP) is 2.20. The first-order valence-corrected chi connectivity index (χ1v) is 7.81. The molecule has 120 valence electrons. The molecule has 1 aromatic carbocycles. The summed E-state index contributed by atoms with van der Waals surface area (Å²) in [5.74, 6) is 0.974. The van der Waals surface area contributed by atoms with Crippen LogP contribution in [0.15, 0.2) is 49.1 Å². The van der Waals surface area contributed by atoms with Gasteiger partial charge in [-0.3, -0.25) is 4.98 Å². The van der Waals surface area contributed by atoms with Gasteiger partial charge in [0.2, 0.25) is 11.9 Å². The molecule has 0 atom stereocenters. The molecule has 24 heavy (non-hydrogen) atoms. The molecule has 0 unspecified atom stereocenters. The summed E-state index contributed by atoms with van der Waals surface area (Å²) in [6.45, 7) is 2.82. The van der Waals surface area contributed by atoms with Crippen LogP contribution in [0.2, 0.25) is 0 Å². The average molecular weight is 319 g/mol. The van der Waals surface area contributed by atoms with Crippen LogP contribution in [0.1, 0.15) is 18.1 Å². The molecular weight excluding hydrogens is 302 g/mol. The first kappa shape index (κ1) is 14.4. The van der Waals surface area contributed by atoms with Crippen molar-refractivity contribution in [1.29, 1.82) is 0 Å². The van der Waals surface area contributed by atoms with Crippen LogP contribution in [0.25, 0.3) is 17.0 Å². The number of benzene rings is 1. The number of aromatic nitrogens is 6. The topological polar surface area (TPSA) is 87.4 Å². The summed E-state index contributed by atoms with van der Waals surface area (Å²) in [4.78, 5) is 13.0. The van der Waals surface area contributed by atoms with Crippen LogP contribution in [0, 0.1) is 0 Å². The Morgan fingerprint density at radius 1 is 1.12 bits per heavy atom. The zero-order valence-corrected chi connectivity index (χ0v) is 13.3. The van der Waals surface area contributed by atoms with Gasteiger partial charge < -0.3 is 10.3 Å². The highest BCUT2D eigenvalue weighted by Crippen LogP contribution is 2.24. The van der Waals surface area contributed by atoms with Crippen molar-refractivity contribution in [3.05, 3.63) is 60.2 Å². The number of nitrogens with two attached hydrogens (primary N) is 1. The van der Waals surface area contributed by atoms with E-state index in [0.717, 1.165) is 29.6 Å². The minimum Gasteiger partial charge on any atom is -0.368 e. The predicted molar refractivity (Wildman–Crippen MR) is 91.8 cm³/mol. The lowest BCUT2D eigenvalue weighted by Gasteiger charge is -2.09. The molecule has 0 fully saturated rings. The summed E-state index contributed by atoms with van der Waals surface area (Å²) in [7, 11) is 0. The average Bonchev–Trinajstić information content (AvgIpc) is 3.19. The van der Waals surface area contributed by atoms with Gasteiger partial charge in [0, 0.05) is 24.7 Å². The molecule has 0 radical (unpaired) electrons. The molecule has 3 aromatic heterocycles. The Hall–Kier alpha value is -3.22. The monoisotopic (exact) mass is 319 g/mol. The second kappa shape index (κ2) is 5.77. The summed E-state index contributed by atoms with van der Waals surface area (Å²) in [5.41, 5.74) is 10.1. The number of aryl methyl sites for hydroxylation is 1. The number of pyridine rings is 1. The maximum atomic E-state index is 5.90. The first-order chi connectivity index (χ1) is 11.8. The molecule has 0 saturated carbocycles. The third kappa shape index (κ3) is 2.30. The zero-order chi connectivity index (χ0) is 16.5. The van der Waals surface area contributed by atoms with Crippen LogP contribution in [0.5, 0.6) is 0 Å². The quantitative estimate of drug-likeness (QED) is 0.623. The highest BCUT2D eigenvalue weighted by molar-refractivity contribution is 5.80. The van der Waals surface area contributed by atoms with E-state index >= 15 is 0 Å². The van der Waals surface area contributed by atoms with Crippen molar-refractivity contribution >= 4 is 17.0 Å². The van der Waals surface area contributed by atoms with Gasteiger partial charge in [-0.15, -0.1) is 0 Å². The zero-order valence-electron chi connectivity index (χ0n) is 13.3. The van der Waals surface area contributed by atoms with Gasteiger partial charge in [-0.2, -0.15) is 14.8 Å². The Labute approximate surface area is 138 Å². The molecule has 0 saturated heterocycles. The molecule has 0 aliphatic rings. The van der Waals surface area contributed by atoms with Crippen molar-refractivity contribution in [2.75, 3.05) is 5.73 Å². The van der Waals surface area contributed by atoms with Crippen molar-refractivity contribution < 1.29 is 0 Å². The minimum atomic E-state index is 0.317. The molecule has 7 nitrogen and oxygen atoms in total. The number of fused-ring (bicyclic) bond motifs is 1. The minimum absolute atomic E-state index is 0.317. The van der Waals surface area contributed by atoms with Crippen molar-refractivity contribution in [2.45, 2.75) is 19.9 Å². The standard InChI is InChI=1S/C17H17N7/c1-2-23-15-13(8-12-6-4-3-5-7-12)9-19-10-14(15)22-17(23)24-16(18)20-11-21-24/h3-7,9-11H,2,8H2,1H3,(H2,18,20,21). The molecule has 3 heterocycles. The largest absolute Gasteiger partial charge is 0.368 e. The summed E-state index contributed by atoms with van der Waals surface area (Å²) in [6, 6.07) is 10.3. The summed E-state index contributed by atoms with van der Waals surface area (Å²) in [6.07, 6.45) is 5.89. The van der Waals surface area contributed by atoms with Crippen LogP contribution in [0.4, 0.5) is 5.95 Å². The Bertz CT molecular complexity index is 985. The van der Waals surface area contributed by atoms with Gasteiger partial charge in [0.1, 0.15) is 11.8 Å². The van der Waals surface area contributed by atoms with Gasteiger partial charge in [0.25, 0.3) is 0 Å². The molecule has 0 aliphatic heterocycles. The number of hydrogen-bond donors (Lipinski definition) is 1. The number of nitrogens with zero attached hydrogens (tertiary/aromatic N) is 6. The molecule has 2 N–H and O–H groups in total. The van der Waals surface area contributed by atoms with E-state index in [4.69, 9.17) is 5.73 Å². The Morgan fingerprint density at radius 2 is 1.96 bits per heavy atom. The van der Waals surface area contributed by atoms with Crippen LogP contribution < -0.4 is 5.73 Å². The van der Waals surface area contributed by atoms with Crippen molar-refractivity contribution in [1.82, 2.24) is 29.3 Å². The van der Waals surface area contributed by atoms with Crippen LogP contribution in [-0.4, -0.2) is 29.3 Å². The van der Waals surface area contributed by atoms with E-state index in [1.54, 1.807) is 10.9 Å². The van der Waals surface area contributed by atoms with Gasteiger partial charge in [0.15, 0.2) is 0 Å². The number of nitrogen functional groups attached to an aromatic ring is 1. The fraction of sp³-hybridized carbons (Fsp3) is 0.176. The third-order valence-electron chi connectivity index (χ3n) is 4.02. The molecule has 0 bridgehead atoms. The lowest BCUT2D eigenvalue weighted by atomic mass is 10.1. The van der Waals surface area contributed by atoms with Crippen molar-refractivity contribution in [3.63, 3.8) is 0 Å². The van der Waals surface area contributed by atoms with Crippen molar-refractivity contribution in [3.8, 4) is 5.95 Å². The molecule has 0 spiro atoms. The molecule has 0 amide bonds. The Kier molecular flexibility index (Phi) is 3.45. The molecule has 4 aromatic rings. The Morgan fingerprint density at radius 3 is 2.67 bits per heavy atom. The second-order valence-corrected chi connectivity index (χ2v) is 5.51. The maximum absolute atomic E-state index is 5.90. The molecule has 4 rings (SSSR count). The lowest BCUT2D eigenvalue weighted by molar-refractivity contribution is 0.704. The van der Waals surface area contributed by atoms with Gasteiger partial charge in [0.05, 0.1) is 11.7 Å². The van der Waals surface area contributed by atoms with Gasteiger partial charge >= 0.3 is 0 Å². The van der Waals surface area contributed by atoms with Crippen LogP contribution >= 0.6 is 0 Å². The van der Waals surface area contributed by atoms with E-state index in [2.05, 4.69) is 43.7 Å². The van der Waals surface area contributed by atoms with E-state index in [1.807, 2.05) is 24.4 Å². The van der Waals surface area contributed by atoms with Gasteiger partial charge in [-0.05, 0) is 12.5 Å². The van der Waals surface area contributed by atoms with Gasteiger partial charge in [-0.1, -0.05) is 30.3 Å². The second-order valence-electron chi connectivity index (χ2n) is 5.51. The number of rotatable bonds is 4. The Balaban J connectivity index is 1.90.